The summed E-state index contributed by atoms with van der Waals surface area (Å²) in [6.07, 6.45) is 4.36. The van der Waals surface area contributed by atoms with Crippen molar-refractivity contribution in [2.45, 2.75) is 51.3 Å². The van der Waals surface area contributed by atoms with E-state index in [9.17, 15) is 5.11 Å². The number of likely N-dealkylation sites (tertiary alicyclic amines) is 1. The Balaban J connectivity index is 1.83. The molecule has 1 N–H and O–H groups in total. The van der Waals surface area contributed by atoms with Gasteiger partial charge in [-0.15, -0.1) is 0 Å². The number of aliphatic hydroxyl groups is 1. The SMILES string of the molecule is CC(O)CC1CCCCN1Cc1nn(C)c2ccccc12. The summed E-state index contributed by atoms with van der Waals surface area (Å²) in [6.45, 7) is 3.89. The summed E-state index contributed by atoms with van der Waals surface area (Å²) >= 11 is 0. The molecule has 114 valence electrons. The normalized spacial score (nSPS) is 21.8. The molecule has 1 saturated heterocycles. The Morgan fingerprint density at radius 1 is 1.33 bits per heavy atom. The van der Waals surface area contributed by atoms with E-state index in [-0.39, 0.29) is 6.10 Å². The van der Waals surface area contributed by atoms with Crippen molar-refractivity contribution in [3.63, 3.8) is 0 Å². The van der Waals surface area contributed by atoms with Crippen LogP contribution in [0.15, 0.2) is 24.3 Å². The first-order chi connectivity index (χ1) is 10.1. The van der Waals surface area contributed by atoms with Gasteiger partial charge in [0.05, 0.1) is 17.3 Å². The minimum atomic E-state index is -0.226. The van der Waals surface area contributed by atoms with E-state index in [2.05, 4.69) is 29.2 Å². The zero-order valence-electron chi connectivity index (χ0n) is 13.0. The Bertz CT molecular complexity index is 605. The summed E-state index contributed by atoms with van der Waals surface area (Å²) in [7, 11) is 2.01. The monoisotopic (exact) mass is 287 g/mol. The van der Waals surface area contributed by atoms with Gasteiger partial charge in [0, 0.05) is 25.0 Å². The van der Waals surface area contributed by atoms with E-state index >= 15 is 0 Å². The number of fused-ring (bicyclic) bond motifs is 1. The van der Waals surface area contributed by atoms with Gasteiger partial charge in [-0.3, -0.25) is 9.58 Å². The van der Waals surface area contributed by atoms with Crippen LogP contribution in [0.1, 0.15) is 38.3 Å². The summed E-state index contributed by atoms with van der Waals surface area (Å²) in [6, 6.07) is 8.90. The molecule has 2 unspecified atom stereocenters. The number of hydrogen-bond donors (Lipinski definition) is 1. The third-order valence-corrected chi connectivity index (χ3v) is 4.55. The Morgan fingerprint density at radius 2 is 2.14 bits per heavy atom. The van der Waals surface area contributed by atoms with E-state index in [4.69, 9.17) is 5.10 Å². The fourth-order valence-corrected chi connectivity index (χ4v) is 3.53. The van der Waals surface area contributed by atoms with E-state index in [0.717, 1.165) is 25.2 Å². The van der Waals surface area contributed by atoms with Crippen LogP contribution in [-0.2, 0) is 13.6 Å². The molecular weight excluding hydrogens is 262 g/mol. The number of benzene rings is 1. The summed E-state index contributed by atoms with van der Waals surface area (Å²) in [5.74, 6) is 0. The van der Waals surface area contributed by atoms with Crippen molar-refractivity contribution in [1.29, 1.82) is 0 Å². The number of nitrogens with zero attached hydrogens (tertiary/aromatic N) is 3. The summed E-state index contributed by atoms with van der Waals surface area (Å²) < 4.78 is 1.97. The van der Waals surface area contributed by atoms with Crippen LogP contribution in [0, 0.1) is 0 Å². The van der Waals surface area contributed by atoms with Crippen molar-refractivity contribution in [1.82, 2.24) is 14.7 Å². The van der Waals surface area contributed by atoms with Crippen molar-refractivity contribution in [2.24, 2.45) is 7.05 Å². The zero-order valence-corrected chi connectivity index (χ0v) is 13.0. The highest BCUT2D eigenvalue weighted by Crippen LogP contribution is 2.25. The van der Waals surface area contributed by atoms with Gasteiger partial charge in [-0.25, -0.2) is 0 Å². The Labute approximate surface area is 126 Å². The lowest BCUT2D eigenvalue weighted by Gasteiger charge is -2.36. The van der Waals surface area contributed by atoms with Gasteiger partial charge in [-0.2, -0.15) is 5.10 Å². The fourth-order valence-electron chi connectivity index (χ4n) is 3.53. The first-order valence-corrected chi connectivity index (χ1v) is 7.98. The fraction of sp³-hybridized carbons (Fsp3) is 0.588. The Kier molecular flexibility index (Phi) is 4.27. The number of aryl methyl sites for hydroxylation is 1. The molecule has 0 radical (unpaired) electrons. The van der Waals surface area contributed by atoms with Crippen LogP contribution in [0.3, 0.4) is 0 Å². The third-order valence-electron chi connectivity index (χ3n) is 4.55. The van der Waals surface area contributed by atoms with Crippen LogP contribution in [0.5, 0.6) is 0 Å². The maximum absolute atomic E-state index is 9.72. The van der Waals surface area contributed by atoms with Crippen molar-refractivity contribution >= 4 is 10.9 Å². The average Bonchev–Trinajstić information content (AvgIpc) is 2.78. The van der Waals surface area contributed by atoms with Crippen molar-refractivity contribution in [3.8, 4) is 0 Å². The molecule has 1 aliphatic rings. The smallest absolute Gasteiger partial charge is 0.0843 e. The van der Waals surface area contributed by atoms with Crippen LogP contribution in [0.25, 0.3) is 10.9 Å². The van der Waals surface area contributed by atoms with Gasteiger partial charge < -0.3 is 5.11 Å². The van der Waals surface area contributed by atoms with Gasteiger partial charge in [0.25, 0.3) is 0 Å². The first-order valence-electron chi connectivity index (χ1n) is 7.98. The second-order valence-electron chi connectivity index (χ2n) is 6.29. The number of aromatic nitrogens is 2. The molecule has 4 heteroatoms. The molecule has 0 spiro atoms. The Morgan fingerprint density at radius 3 is 2.95 bits per heavy atom. The molecule has 3 rings (SSSR count). The number of para-hydroxylation sites is 1. The van der Waals surface area contributed by atoms with Gasteiger partial charge in [-0.1, -0.05) is 24.6 Å². The minimum absolute atomic E-state index is 0.226. The molecule has 1 aliphatic heterocycles. The lowest BCUT2D eigenvalue weighted by Crippen LogP contribution is -2.40. The number of piperidine rings is 1. The average molecular weight is 287 g/mol. The standard InChI is InChI=1S/C17H25N3O/c1-13(21)11-14-7-5-6-10-20(14)12-16-15-8-3-4-9-17(15)19(2)18-16/h3-4,8-9,13-14,21H,5-7,10-12H2,1-2H3. The molecular formula is C17H25N3O. The summed E-state index contributed by atoms with van der Waals surface area (Å²) in [4.78, 5) is 2.50. The van der Waals surface area contributed by atoms with E-state index < -0.39 is 0 Å². The van der Waals surface area contributed by atoms with Crippen LogP contribution in [0.4, 0.5) is 0 Å². The summed E-state index contributed by atoms with van der Waals surface area (Å²) in [5.41, 5.74) is 2.35. The van der Waals surface area contributed by atoms with Gasteiger partial charge in [0.15, 0.2) is 0 Å². The molecule has 1 aromatic carbocycles. The van der Waals surface area contributed by atoms with Gasteiger partial charge in [0.1, 0.15) is 0 Å². The van der Waals surface area contributed by atoms with Gasteiger partial charge in [0.2, 0.25) is 0 Å². The highest BCUT2D eigenvalue weighted by Gasteiger charge is 2.25. The lowest BCUT2D eigenvalue weighted by atomic mass is 9.97. The molecule has 21 heavy (non-hydrogen) atoms. The largest absolute Gasteiger partial charge is 0.393 e. The lowest BCUT2D eigenvalue weighted by molar-refractivity contribution is 0.0810. The second kappa shape index (κ2) is 6.16. The van der Waals surface area contributed by atoms with Gasteiger partial charge >= 0.3 is 0 Å². The molecule has 2 heterocycles. The molecule has 1 aromatic heterocycles. The third kappa shape index (κ3) is 3.11. The maximum Gasteiger partial charge on any atom is 0.0843 e. The summed E-state index contributed by atoms with van der Waals surface area (Å²) in [5, 5.41) is 15.7. The van der Waals surface area contributed by atoms with Crippen molar-refractivity contribution < 1.29 is 5.11 Å². The predicted octanol–water partition coefficient (Wildman–Crippen LogP) is 2.70. The molecule has 1 fully saturated rings. The maximum atomic E-state index is 9.72. The highest BCUT2D eigenvalue weighted by atomic mass is 16.3. The van der Waals surface area contributed by atoms with Crippen LogP contribution in [-0.4, -0.2) is 38.5 Å². The molecule has 0 aliphatic carbocycles. The van der Waals surface area contributed by atoms with E-state index in [1.165, 1.54) is 30.2 Å². The zero-order chi connectivity index (χ0) is 14.8. The van der Waals surface area contributed by atoms with E-state index in [1.807, 2.05) is 18.7 Å². The second-order valence-corrected chi connectivity index (χ2v) is 6.29. The first kappa shape index (κ1) is 14.5. The van der Waals surface area contributed by atoms with Crippen LogP contribution < -0.4 is 0 Å². The number of rotatable bonds is 4. The Hall–Kier alpha value is -1.39. The quantitative estimate of drug-likeness (QED) is 0.940. The van der Waals surface area contributed by atoms with Crippen LogP contribution >= 0.6 is 0 Å². The molecule has 2 atom stereocenters. The molecule has 0 saturated carbocycles. The molecule has 0 bridgehead atoms. The number of aliphatic hydroxyl groups excluding tert-OH is 1. The van der Waals surface area contributed by atoms with E-state index in [1.54, 1.807) is 0 Å². The topological polar surface area (TPSA) is 41.3 Å². The highest BCUT2D eigenvalue weighted by molar-refractivity contribution is 5.81. The van der Waals surface area contributed by atoms with Gasteiger partial charge in [-0.05, 0) is 38.8 Å². The molecule has 0 amide bonds. The van der Waals surface area contributed by atoms with Crippen LogP contribution in [0.2, 0.25) is 0 Å². The van der Waals surface area contributed by atoms with Crippen molar-refractivity contribution in [2.75, 3.05) is 6.54 Å². The molecule has 2 aromatic rings. The van der Waals surface area contributed by atoms with Crippen molar-refractivity contribution in [3.05, 3.63) is 30.0 Å². The minimum Gasteiger partial charge on any atom is -0.393 e. The number of hydrogen-bond acceptors (Lipinski definition) is 3. The van der Waals surface area contributed by atoms with E-state index in [0.29, 0.717) is 6.04 Å². The predicted molar refractivity (Wildman–Crippen MR) is 85.1 cm³/mol. The molecule has 4 nitrogen and oxygen atoms in total.